The van der Waals surface area contributed by atoms with Crippen molar-refractivity contribution >= 4 is 21.9 Å². The Labute approximate surface area is 114 Å². The fourth-order valence-electron chi connectivity index (χ4n) is 1.64. The lowest BCUT2D eigenvalue weighted by molar-refractivity contribution is -0.141. The summed E-state index contributed by atoms with van der Waals surface area (Å²) in [5.74, 6) is 0.577. The molecule has 0 unspecified atom stereocenters. The van der Waals surface area contributed by atoms with E-state index < -0.39 is 0 Å². The number of rotatable bonds is 4. The number of hydrogen-bond acceptors (Lipinski definition) is 3. The third-order valence-electron chi connectivity index (χ3n) is 2.60. The summed E-state index contributed by atoms with van der Waals surface area (Å²) in [5.41, 5.74) is 1.15. The largest absolute Gasteiger partial charge is 0.468 e. The van der Waals surface area contributed by atoms with E-state index in [9.17, 15) is 4.79 Å². The number of halogens is 1. The Bertz CT molecular complexity index is 534. The average Bonchev–Trinajstić information content (AvgIpc) is 2.79. The van der Waals surface area contributed by atoms with Gasteiger partial charge in [0, 0.05) is 23.3 Å². The molecule has 18 heavy (non-hydrogen) atoms. The van der Waals surface area contributed by atoms with Crippen LogP contribution < -0.4 is 0 Å². The van der Waals surface area contributed by atoms with E-state index in [-0.39, 0.29) is 12.5 Å². The maximum absolute atomic E-state index is 11.3. The van der Waals surface area contributed by atoms with Gasteiger partial charge in [-0.25, -0.2) is 4.98 Å². The molecule has 2 rings (SSSR count). The molecule has 0 spiro atoms. The summed E-state index contributed by atoms with van der Waals surface area (Å²) in [4.78, 5) is 15.5. The first-order chi connectivity index (χ1) is 8.69. The number of methoxy groups -OCH3 is 1. The van der Waals surface area contributed by atoms with Gasteiger partial charge in [-0.3, -0.25) is 4.79 Å². The van der Waals surface area contributed by atoms with Crippen LogP contribution in [-0.4, -0.2) is 22.6 Å². The van der Waals surface area contributed by atoms with Crippen LogP contribution in [0.3, 0.4) is 0 Å². The summed E-state index contributed by atoms with van der Waals surface area (Å²) in [6.07, 6.45) is 4.17. The number of carbonyl (C=O) groups is 1. The van der Waals surface area contributed by atoms with Crippen molar-refractivity contribution in [1.82, 2.24) is 9.55 Å². The SMILES string of the molecule is COC(=O)Cn1ccnc1Cc1ccc(Br)cc1. The summed E-state index contributed by atoms with van der Waals surface area (Å²) in [6.45, 7) is 0.197. The Morgan fingerprint density at radius 1 is 1.39 bits per heavy atom. The molecule has 0 aliphatic rings. The number of nitrogens with zero attached hydrogens (tertiary/aromatic N) is 2. The fourth-order valence-corrected chi connectivity index (χ4v) is 1.90. The smallest absolute Gasteiger partial charge is 0.325 e. The highest BCUT2D eigenvalue weighted by Crippen LogP contribution is 2.13. The second-order valence-corrected chi connectivity index (χ2v) is 4.77. The van der Waals surface area contributed by atoms with Crippen LogP contribution in [0.4, 0.5) is 0 Å². The van der Waals surface area contributed by atoms with Crippen molar-refractivity contribution in [2.24, 2.45) is 0 Å². The van der Waals surface area contributed by atoms with E-state index in [2.05, 4.69) is 25.7 Å². The van der Waals surface area contributed by atoms with Gasteiger partial charge in [0.05, 0.1) is 7.11 Å². The normalized spacial score (nSPS) is 10.3. The van der Waals surface area contributed by atoms with Crippen molar-refractivity contribution in [3.05, 3.63) is 52.5 Å². The lowest BCUT2D eigenvalue weighted by Gasteiger charge is -2.06. The Morgan fingerprint density at radius 3 is 2.78 bits per heavy atom. The number of benzene rings is 1. The topological polar surface area (TPSA) is 44.1 Å². The van der Waals surface area contributed by atoms with Crippen molar-refractivity contribution in [2.45, 2.75) is 13.0 Å². The predicted octanol–water partition coefficient (Wildman–Crippen LogP) is 2.41. The summed E-state index contributed by atoms with van der Waals surface area (Å²) in [6, 6.07) is 8.04. The van der Waals surface area contributed by atoms with Crippen LogP contribution in [0.25, 0.3) is 0 Å². The molecule has 5 heteroatoms. The second-order valence-electron chi connectivity index (χ2n) is 3.85. The van der Waals surface area contributed by atoms with E-state index in [1.54, 1.807) is 17.0 Å². The van der Waals surface area contributed by atoms with Gasteiger partial charge < -0.3 is 9.30 Å². The molecular weight excluding hydrogens is 296 g/mol. The lowest BCUT2D eigenvalue weighted by Crippen LogP contribution is -2.13. The second kappa shape index (κ2) is 5.82. The minimum Gasteiger partial charge on any atom is -0.468 e. The molecule has 0 N–H and O–H groups in total. The molecule has 0 aliphatic heterocycles. The van der Waals surface area contributed by atoms with E-state index in [0.717, 1.165) is 15.9 Å². The van der Waals surface area contributed by atoms with E-state index in [0.29, 0.717) is 6.42 Å². The highest BCUT2D eigenvalue weighted by molar-refractivity contribution is 9.10. The molecule has 0 amide bonds. The molecule has 1 aromatic carbocycles. The molecule has 0 atom stereocenters. The molecule has 0 aliphatic carbocycles. The molecule has 4 nitrogen and oxygen atoms in total. The van der Waals surface area contributed by atoms with Crippen molar-refractivity contribution < 1.29 is 9.53 Å². The summed E-state index contributed by atoms with van der Waals surface area (Å²) >= 11 is 3.40. The van der Waals surface area contributed by atoms with Gasteiger partial charge in [0.2, 0.25) is 0 Å². The first-order valence-electron chi connectivity index (χ1n) is 5.50. The summed E-state index contributed by atoms with van der Waals surface area (Å²) < 4.78 is 7.50. The standard InChI is InChI=1S/C13H13BrN2O2/c1-18-13(17)9-16-7-6-15-12(16)8-10-2-4-11(14)5-3-10/h2-7H,8-9H2,1H3. The maximum Gasteiger partial charge on any atom is 0.325 e. The van der Waals surface area contributed by atoms with Crippen molar-refractivity contribution in [2.75, 3.05) is 7.11 Å². The Morgan fingerprint density at radius 2 is 2.11 bits per heavy atom. The highest BCUT2D eigenvalue weighted by atomic mass is 79.9. The Hall–Kier alpha value is -1.62. The molecule has 2 aromatic rings. The summed E-state index contributed by atoms with van der Waals surface area (Å²) in [7, 11) is 1.38. The van der Waals surface area contributed by atoms with Gasteiger partial charge in [-0.05, 0) is 17.7 Å². The van der Waals surface area contributed by atoms with E-state index in [1.807, 2.05) is 24.3 Å². The molecule has 1 heterocycles. The zero-order valence-electron chi connectivity index (χ0n) is 9.97. The quantitative estimate of drug-likeness (QED) is 0.815. The predicted molar refractivity (Wildman–Crippen MR) is 71.2 cm³/mol. The first-order valence-corrected chi connectivity index (χ1v) is 6.29. The number of esters is 1. The van der Waals surface area contributed by atoms with Gasteiger partial charge in [0.25, 0.3) is 0 Å². The lowest BCUT2D eigenvalue weighted by atomic mass is 10.1. The highest BCUT2D eigenvalue weighted by Gasteiger charge is 2.08. The van der Waals surface area contributed by atoms with Crippen LogP contribution in [0.5, 0.6) is 0 Å². The van der Waals surface area contributed by atoms with E-state index >= 15 is 0 Å². The molecule has 0 saturated heterocycles. The Kier molecular flexibility index (Phi) is 4.15. The van der Waals surface area contributed by atoms with Gasteiger partial charge in [0.15, 0.2) is 0 Å². The van der Waals surface area contributed by atoms with Crippen LogP contribution in [0.15, 0.2) is 41.1 Å². The average molecular weight is 309 g/mol. The van der Waals surface area contributed by atoms with Crippen LogP contribution >= 0.6 is 15.9 Å². The maximum atomic E-state index is 11.3. The molecular formula is C13H13BrN2O2. The molecule has 0 saturated carbocycles. The number of ether oxygens (including phenoxy) is 1. The third kappa shape index (κ3) is 3.20. The fraction of sp³-hybridized carbons (Fsp3) is 0.231. The molecule has 94 valence electrons. The van der Waals surface area contributed by atoms with Crippen molar-refractivity contribution in [1.29, 1.82) is 0 Å². The molecule has 0 fully saturated rings. The number of imidazole rings is 1. The van der Waals surface area contributed by atoms with Crippen LogP contribution in [0, 0.1) is 0 Å². The Balaban J connectivity index is 2.12. The zero-order valence-corrected chi connectivity index (χ0v) is 11.6. The molecule has 0 radical (unpaired) electrons. The van der Waals surface area contributed by atoms with Crippen LogP contribution in [0.2, 0.25) is 0 Å². The first kappa shape index (κ1) is 12.8. The van der Waals surface area contributed by atoms with Crippen molar-refractivity contribution in [3.8, 4) is 0 Å². The van der Waals surface area contributed by atoms with Gasteiger partial charge in [-0.1, -0.05) is 28.1 Å². The number of hydrogen-bond donors (Lipinski definition) is 0. The minimum atomic E-state index is -0.273. The zero-order chi connectivity index (χ0) is 13.0. The van der Waals surface area contributed by atoms with E-state index in [1.165, 1.54) is 7.11 Å². The van der Waals surface area contributed by atoms with Gasteiger partial charge in [0.1, 0.15) is 12.4 Å². The van der Waals surface area contributed by atoms with Gasteiger partial charge >= 0.3 is 5.97 Å². The van der Waals surface area contributed by atoms with E-state index in [4.69, 9.17) is 0 Å². The number of aromatic nitrogens is 2. The monoisotopic (exact) mass is 308 g/mol. The van der Waals surface area contributed by atoms with Crippen LogP contribution in [-0.2, 0) is 22.5 Å². The molecule has 0 bridgehead atoms. The summed E-state index contributed by atoms with van der Waals surface area (Å²) in [5, 5.41) is 0. The van der Waals surface area contributed by atoms with Gasteiger partial charge in [-0.2, -0.15) is 0 Å². The molecule has 1 aromatic heterocycles. The van der Waals surface area contributed by atoms with Crippen LogP contribution in [0.1, 0.15) is 11.4 Å². The number of carbonyl (C=O) groups excluding carboxylic acids is 1. The van der Waals surface area contributed by atoms with Gasteiger partial charge in [-0.15, -0.1) is 0 Å². The minimum absolute atomic E-state index is 0.197. The third-order valence-corrected chi connectivity index (χ3v) is 3.13. The van der Waals surface area contributed by atoms with Crippen molar-refractivity contribution in [3.63, 3.8) is 0 Å².